The van der Waals surface area contributed by atoms with E-state index in [1.165, 1.54) is 13.2 Å². The van der Waals surface area contributed by atoms with Gasteiger partial charge in [-0.2, -0.15) is 0 Å². The molecule has 0 saturated carbocycles. The van der Waals surface area contributed by atoms with Crippen LogP contribution in [0.15, 0.2) is 42.5 Å². The van der Waals surface area contributed by atoms with E-state index in [9.17, 15) is 4.39 Å². The molecule has 3 aromatic rings. The summed E-state index contributed by atoms with van der Waals surface area (Å²) in [7, 11) is 1.53. The van der Waals surface area contributed by atoms with Crippen LogP contribution in [-0.4, -0.2) is 16.7 Å². The molecule has 1 aromatic heterocycles. The Kier molecular flexibility index (Phi) is 2.59. The summed E-state index contributed by atoms with van der Waals surface area (Å²) in [6.45, 7) is 0. The number of nitrogen functional groups attached to an aromatic ring is 1. The number of nitrogens with zero attached hydrogens (tertiary/aromatic N) is 2. The van der Waals surface area contributed by atoms with Crippen LogP contribution < -0.4 is 10.5 Å². The number of aromatic nitrogens is 2. The Balaban J connectivity index is 2.32. The second-order valence-electron chi connectivity index (χ2n) is 4.11. The van der Waals surface area contributed by atoms with Crippen molar-refractivity contribution in [2.24, 2.45) is 0 Å². The number of hydrogen-bond donors (Lipinski definition) is 1. The molecule has 0 spiro atoms. The molecule has 3 rings (SSSR count). The molecule has 0 aliphatic heterocycles. The Hall–Kier alpha value is -2.56. The zero-order valence-electron chi connectivity index (χ0n) is 10.3. The molecule has 0 fully saturated rings. The van der Waals surface area contributed by atoms with E-state index in [4.69, 9.17) is 10.5 Å². The van der Waals surface area contributed by atoms with Crippen LogP contribution in [0.5, 0.6) is 5.75 Å². The van der Waals surface area contributed by atoms with Gasteiger partial charge in [-0.1, -0.05) is 12.1 Å². The van der Waals surface area contributed by atoms with E-state index in [-0.39, 0.29) is 11.8 Å². The highest BCUT2D eigenvalue weighted by Crippen LogP contribution is 2.27. The standard InChI is InChI=1S/C14H12FN3O/c1-19-9-6-7-10(15)13(8-9)18-12-5-3-2-4-11(12)17-14(18)16/h2-8H,1H3,(H2,16,17). The molecule has 0 aliphatic rings. The molecule has 0 radical (unpaired) electrons. The minimum atomic E-state index is -0.379. The monoisotopic (exact) mass is 257 g/mol. The third-order valence-electron chi connectivity index (χ3n) is 2.98. The minimum Gasteiger partial charge on any atom is -0.497 e. The van der Waals surface area contributed by atoms with Gasteiger partial charge in [0.15, 0.2) is 0 Å². The Morgan fingerprint density at radius 3 is 2.79 bits per heavy atom. The topological polar surface area (TPSA) is 53.1 Å². The number of rotatable bonds is 2. The fourth-order valence-corrected chi connectivity index (χ4v) is 2.09. The van der Waals surface area contributed by atoms with Gasteiger partial charge in [-0.15, -0.1) is 0 Å². The van der Waals surface area contributed by atoms with Gasteiger partial charge in [-0.25, -0.2) is 9.37 Å². The van der Waals surface area contributed by atoms with E-state index in [0.29, 0.717) is 11.4 Å². The summed E-state index contributed by atoms with van der Waals surface area (Å²) in [5, 5.41) is 0. The lowest BCUT2D eigenvalue weighted by Gasteiger charge is -2.09. The van der Waals surface area contributed by atoms with Gasteiger partial charge in [0.1, 0.15) is 11.6 Å². The Morgan fingerprint density at radius 2 is 2.00 bits per heavy atom. The van der Waals surface area contributed by atoms with Crippen LogP contribution in [0.3, 0.4) is 0 Å². The summed E-state index contributed by atoms with van der Waals surface area (Å²) < 4.78 is 20.7. The first-order valence-electron chi connectivity index (χ1n) is 5.77. The van der Waals surface area contributed by atoms with Crippen molar-refractivity contribution in [2.75, 3.05) is 12.8 Å². The lowest BCUT2D eigenvalue weighted by Crippen LogP contribution is -2.03. The largest absolute Gasteiger partial charge is 0.497 e. The molecule has 0 atom stereocenters. The van der Waals surface area contributed by atoms with Gasteiger partial charge in [-0.3, -0.25) is 4.57 Å². The second-order valence-corrected chi connectivity index (χ2v) is 4.11. The van der Waals surface area contributed by atoms with Crippen LogP contribution in [0.1, 0.15) is 0 Å². The molecule has 96 valence electrons. The SMILES string of the molecule is COc1ccc(F)c(-n2c(N)nc3ccccc32)c1. The first-order valence-corrected chi connectivity index (χ1v) is 5.77. The van der Waals surface area contributed by atoms with E-state index in [1.54, 1.807) is 16.7 Å². The van der Waals surface area contributed by atoms with Crippen molar-refractivity contribution < 1.29 is 9.13 Å². The van der Waals surface area contributed by atoms with Crippen molar-refractivity contribution in [3.05, 3.63) is 48.3 Å². The first kappa shape index (κ1) is 11.5. The van der Waals surface area contributed by atoms with Crippen molar-refractivity contribution in [1.29, 1.82) is 0 Å². The Bertz CT molecular complexity index is 752. The summed E-state index contributed by atoms with van der Waals surface area (Å²) in [6, 6.07) is 11.9. The third kappa shape index (κ3) is 1.79. The van der Waals surface area contributed by atoms with Gasteiger partial charge in [0.25, 0.3) is 0 Å². The predicted molar refractivity (Wildman–Crippen MR) is 72.0 cm³/mol. The van der Waals surface area contributed by atoms with Gasteiger partial charge in [0.05, 0.1) is 23.8 Å². The number of fused-ring (bicyclic) bond motifs is 1. The molecule has 0 unspecified atom stereocenters. The molecular weight excluding hydrogens is 245 g/mol. The van der Waals surface area contributed by atoms with Crippen molar-refractivity contribution in [3.8, 4) is 11.4 Å². The van der Waals surface area contributed by atoms with Crippen LogP contribution in [0.4, 0.5) is 10.3 Å². The normalized spacial score (nSPS) is 10.8. The number of ether oxygens (including phenoxy) is 1. The van der Waals surface area contributed by atoms with E-state index in [0.717, 1.165) is 11.0 Å². The molecule has 0 amide bonds. The number of nitrogens with two attached hydrogens (primary N) is 1. The summed E-state index contributed by atoms with van der Waals surface area (Å²) in [4.78, 5) is 4.22. The maximum Gasteiger partial charge on any atom is 0.206 e. The van der Waals surface area contributed by atoms with Crippen molar-refractivity contribution >= 4 is 17.0 Å². The molecule has 0 bridgehead atoms. The molecule has 1 heterocycles. The number of methoxy groups -OCH3 is 1. The summed E-state index contributed by atoms with van der Waals surface area (Å²) in [6.07, 6.45) is 0. The number of para-hydroxylation sites is 2. The van der Waals surface area contributed by atoms with Crippen LogP contribution in [0, 0.1) is 5.82 Å². The molecule has 5 heteroatoms. The molecule has 0 saturated heterocycles. The van der Waals surface area contributed by atoms with Crippen molar-refractivity contribution in [3.63, 3.8) is 0 Å². The second kappa shape index (κ2) is 4.28. The Labute approximate surface area is 109 Å². The van der Waals surface area contributed by atoms with E-state index in [2.05, 4.69) is 4.98 Å². The number of benzene rings is 2. The number of halogens is 1. The quantitative estimate of drug-likeness (QED) is 0.768. The highest BCUT2D eigenvalue weighted by Gasteiger charge is 2.13. The van der Waals surface area contributed by atoms with Gasteiger partial charge < -0.3 is 10.5 Å². The maximum absolute atomic E-state index is 14.0. The summed E-state index contributed by atoms with van der Waals surface area (Å²) >= 11 is 0. The maximum atomic E-state index is 14.0. The fraction of sp³-hybridized carbons (Fsp3) is 0.0714. The lowest BCUT2D eigenvalue weighted by molar-refractivity contribution is 0.413. The lowest BCUT2D eigenvalue weighted by atomic mass is 10.2. The van der Waals surface area contributed by atoms with E-state index < -0.39 is 0 Å². The van der Waals surface area contributed by atoms with Gasteiger partial charge >= 0.3 is 0 Å². The zero-order chi connectivity index (χ0) is 13.4. The average molecular weight is 257 g/mol. The highest BCUT2D eigenvalue weighted by atomic mass is 19.1. The third-order valence-corrected chi connectivity index (χ3v) is 2.98. The smallest absolute Gasteiger partial charge is 0.206 e. The van der Waals surface area contributed by atoms with Crippen LogP contribution in [0.2, 0.25) is 0 Å². The minimum absolute atomic E-state index is 0.244. The number of anilines is 1. The van der Waals surface area contributed by atoms with E-state index in [1.807, 2.05) is 24.3 Å². The molecular formula is C14H12FN3O. The highest BCUT2D eigenvalue weighted by molar-refractivity contribution is 5.80. The van der Waals surface area contributed by atoms with Gasteiger partial charge in [0.2, 0.25) is 5.95 Å². The van der Waals surface area contributed by atoms with Crippen molar-refractivity contribution in [2.45, 2.75) is 0 Å². The van der Waals surface area contributed by atoms with Crippen molar-refractivity contribution in [1.82, 2.24) is 9.55 Å². The molecule has 0 aliphatic carbocycles. The molecule has 2 N–H and O–H groups in total. The number of imidazole rings is 1. The van der Waals surface area contributed by atoms with E-state index >= 15 is 0 Å². The van der Waals surface area contributed by atoms with Crippen LogP contribution in [0.25, 0.3) is 16.7 Å². The predicted octanol–water partition coefficient (Wildman–Crippen LogP) is 2.76. The fourth-order valence-electron chi connectivity index (χ4n) is 2.09. The number of hydrogen-bond acceptors (Lipinski definition) is 3. The summed E-state index contributed by atoms with van der Waals surface area (Å²) in [5.41, 5.74) is 7.70. The van der Waals surface area contributed by atoms with Crippen LogP contribution >= 0.6 is 0 Å². The summed E-state index contributed by atoms with van der Waals surface area (Å²) in [5.74, 6) is 0.428. The zero-order valence-corrected chi connectivity index (χ0v) is 10.3. The molecule has 2 aromatic carbocycles. The first-order chi connectivity index (χ1) is 9.20. The molecule has 19 heavy (non-hydrogen) atoms. The molecule has 4 nitrogen and oxygen atoms in total. The van der Waals surface area contributed by atoms with Crippen LogP contribution in [-0.2, 0) is 0 Å². The Morgan fingerprint density at radius 1 is 1.21 bits per heavy atom. The van der Waals surface area contributed by atoms with Gasteiger partial charge in [0, 0.05) is 6.07 Å². The van der Waals surface area contributed by atoms with Gasteiger partial charge in [-0.05, 0) is 24.3 Å². The average Bonchev–Trinajstić information content (AvgIpc) is 2.75.